The fraction of sp³-hybridized carbons (Fsp3) is 0.833. The number of piperidine rings is 1. The van der Waals surface area contributed by atoms with Gasteiger partial charge in [-0.3, -0.25) is 4.79 Å². The zero-order valence-corrected chi connectivity index (χ0v) is 11.1. The number of aliphatic carboxylic acids is 1. The Morgan fingerprint density at radius 1 is 1.50 bits per heavy atom. The van der Waals surface area contributed by atoms with Gasteiger partial charge in [0, 0.05) is 25.7 Å². The summed E-state index contributed by atoms with van der Waals surface area (Å²) < 4.78 is 0. The average molecular weight is 257 g/mol. The van der Waals surface area contributed by atoms with Gasteiger partial charge in [-0.05, 0) is 18.8 Å². The number of hydrogen-bond donors (Lipinski definition) is 3. The molecule has 0 aromatic carbocycles. The van der Waals surface area contributed by atoms with Gasteiger partial charge in [-0.15, -0.1) is 0 Å². The summed E-state index contributed by atoms with van der Waals surface area (Å²) in [4.78, 5) is 24.5. The molecule has 2 unspecified atom stereocenters. The average Bonchev–Trinajstić information content (AvgIpc) is 2.28. The van der Waals surface area contributed by atoms with Crippen LogP contribution in [0.25, 0.3) is 0 Å². The fourth-order valence-electron chi connectivity index (χ4n) is 2.11. The Hall–Kier alpha value is -1.30. The molecule has 0 aliphatic carbocycles. The number of amides is 2. The van der Waals surface area contributed by atoms with E-state index in [0.717, 1.165) is 12.8 Å². The molecule has 1 rings (SSSR count). The highest BCUT2D eigenvalue weighted by molar-refractivity contribution is 5.76. The van der Waals surface area contributed by atoms with E-state index < -0.39 is 11.9 Å². The first-order valence-corrected chi connectivity index (χ1v) is 6.43. The second kappa shape index (κ2) is 6.58. The quantitative estimate of drug-likeness (QED) is 0.682. The summed E-state index contributed by atoms with van der Waals surface area (Å²) >= 11 is 0. The Balaban J connectivity index is 2.42. The Kier molecular flexibility index (Phi) is 5.40. The van der Waals surface area contributed by atoms with Gasteiger partial charge in [0.15, 0.2) is 0 Å². The van der Waals surface area contributed by atoms with Crippen molar-refractivity contribution in [1.29, 1.82) is 0 Å². The second-order valence-corrected chi connectivity index (χ2v) is 5.22. The van der Waals surface area contributed by atoms with Crippen molar-refractivity contribution in [2.24, 2.45) is 17.6 Å². The Bertz CT molecular complexity index is 307. The molecule has 0 aromatic rings. The Morgan fingerprint density at radius 2 is 2.17 bits per heavy atom. The summed E-state index contributed by atoms with van der Waals surface area (Å²) in [6.07, 6.45) is 1.84. The van der Waals surface area contributed by atoms with Crippen molar-refractivity contribution in [3.63, 3.8) is 0 Å². The lowest BCUT2D eigenvalue weighted by Crippen LogP contribution is -2.50. The lowest BCUT2D eigenvalue weighted by atomic mass is 9.96. The first kappa shape index (κ1) is 14.8. The minimum Gasteiger partial charge on any atom is -0.481 e. The number of rotatable bonds is 4. The van der Waals surface area contributed by atoms with Crippen LogP contribution in [-0.4, -0.2) is 47.7 Å². The van der Waals surface area contributed by atoms with Crippen LogP contribution >= 0.6 is 0 Å². The predicted octanol–water partition coefficient (Wildman–Crippen LogP) is 0.476. The molecule has 6 nitrogen and oxygen atoms in total. The van der Waals surface area contributed by atoms with Gasteiger partial charge in [0.1, 0.15) is 0 Å². The fourth-order valence-corrected chi connectivity index (χ4v) is 2.11. The van der Waals surface area contributed by atoms with Crippen LogP contribution in [0.5, 0.6) is 0 Å². The van der Waals surface area contributed by atoms with Crippen LogP contribution in [0.4, 0.5) is 4.79 Å². The lowest BCUT2D eigenvalue weighted by molar-refractivity contribution is -0.142. The maximum absolute atomic E-state index is 11.9. The monoisotopic (exact) mass is 257 g/mol. The van der Waals surface area contributed by atoms with Crippen LogP contribution in [-0.2, 0) is 4.79 Å². The number of nitrogens with one attached hydrogen (secondary N) is 1. The van der Waals surface area contributed by atoms with E-state index in [2.05, 4.69) is 5.32 Å². The van der Waals surface area contributed by atoms with E-state index in [1.165, 1.54) is 0 Å². The first-order chi connectivity index (χ1) is 8.41. The topological polar surface area (TPSA) is 95.7 Å². The summed E-state index contributed by atoms with van der Waals surface area (Å²) in [6.45, 7) is 5.07. The maximum Gasteiger partial charge on any atom is 0.317 e. The molecule has 104 valence electrons. The molecule has 1 heterocycles. The van der Waals surface area contributed by atoms with Crippen molar-refractivity contribution < 1.29 is 14.7 Å². The van der Waals surface area contributed by atoms with Gasteiger partial charge in [0.05, 0.1) is 5.92 Å². The number of carbonyl (C=O) groups is 2. The van der Waals surface area contributed by atoms with Crippen molar-refractivity contribution in [1.82, 2.24) is 10.2 Å². The number of nitrogens with two attached hydrogens (primary N) is 1. The number of urea groups is 1. The van der Waals surface area contributed by atoms with E-state index in [4.69, 9.17) is 10.8 Å². The van der Waals surface area contributed by atoms with Crippen LogP contribution in [0.15, 0.2) is 0 Å². The third-order valence-electron chi connectivity index (χ3n) is 3.34. The van der Waals surface area contributed by atoms with Gasteiger partial charge in [0.2, 0.25) is 0 Å². The van der Waals surface area contributed by atoms with Gasteiger partial charge in [-0.2, -0.15) is 0 Å². The standard InChI is InChI=1S/C12H23N3O3/c1-8(2)10(11(16)17)6-14-12(18)15-5-3-4-9(13)7-15/h8-10H,3-7,13H2,1-2H3,(H,14,18)(H,16,17). The predicted molar refractivity (Wildman–Crippen MR) is 68.1 cm³/mol. The van der Waals surface area contributed by atoms with Crippen molar-refractivity contribution in [3.05, 3.63) is 0 Å². The van der Waals surface area contributed by atoms with Gasteiger partial charge >= 0.3 is 12.0 Å². The van der Waals surface area contributed by atoms with E-state index in [0.29, 0.717) is 13.1 Å². The number of hydrogen-bond acceptors (Lipinski definition) is 3. The third kappa shape index (κ3) is 4.18. The zero-order valence-electron chi connectivity index (χ0n) is 11.1. The van der Waals surface area contributed by atoms with Crippen LogP contribution in [0.2, 0.25) is 0 Å². The third-order valence-corrected chi connectivity index (χ3v) is 3.34. The van der Waals surface area contributed by atoms with Crippen LogP contribution < -0.4 is 11.1 Å². The van der Waals surface area contributed by atoms with E-state index in [-0.39, 0.29) is 24.5 Å². The van der Waals surface area contributed by atoms with Crippen molar-refractivity contribution in [2.75, 3.05) is 19.6 Å². The number of carboxylic acids is 1. The van der Waals surface area contributed by atoms with E-state index in [1.807, 2.05) is 13.8 Å². The van der Waals surface area contributed by atoms with Crippen LogP contribution in [0.1, 0.15) is 26.7 Å². The molecule has 0 spiro atoms. The van der Waals surface area contributed by atoms with Gasteiger partial charge < -0.3 is 21.1 Å². The van der Waals surface area contributed by atoms with Gasteiger partial charge in [-0.1, -0.05) is 13.8 Å². The normalized spacial score (nSPS) is 21.8. The van der Waals surface area contributed by atoms with Gasteiger partial charge in [0.25, 0.3) is 0 Å². The second-order valence-electron chi connectivity index (χ2n) is 5.22. The van der Waals surface area contributed by atoms with Crippen molar-refractivity contribution in [3.8, 4) is 0 Å². The molecular formula is C12H23N3O3. The van der Waals surface area contributed by atoms with Crippen LogP contribution in [0, 0.1) is 11.8 Å². The molecule has 1 aliphatic rings. The molecule has 0 bridgehead atoms. The smallest absolute Gasteiger partial charge is 0.317 e. The van der Waals surface area contributed by atoms with E-state index in [9.17, 15) is 9.59 Å². The number of carbonyl (C=O) groups excluding carboxylic acids is 1. The molecule has 2 atom stereocenters. The molecule has 0 radical (unpaired) electrons. The SMILES string of the molecule is CC(C)C(CNC(=O)N1CCCC(N)C1)C(=O)O. The van der Waals surface area contributed by atoms with Crippen molar-refractivity contribution in [2.45, 2.75) is 32.7 Å². The molecular weight excluding hydrogens is 234 g/mol. The van der Waals surface area contributed by atoms with Crippen molar-refractivity contribution >= 4 is 12.0 Å². The van der Waals surface area contributed by atoms with E-state index in [1.54, 1.807) is 4.90 Å². The molecule has 1 aliphatic heterocycles. The van der Waals surface area contributed by atoms with E-state index >= 15 is 0 Å². The van der Waals surface area contributed by atoms with Crippen LogP contribution in [0.3, 0.4) is 0 Å². The number of likely N-dealkylation sites (tertiary alicyclic amines) is 1. The summed E-state index contributed by atoms with van der Waals surface area (Å²) in [5, 5.41) is 11.7. The first-order valence-electron chi connectivity index (χ1n) is 6.43. The highest BCUT2D eigenvalue weighted by atomic mass is 16.4. The molecule has 4 N–H and O–H groups in total. The summed E-state index contributed by atoms with van der Waals surface area (Å²) in [6, 6.07) is -0.179. The summed E-state index contributed by atoms with van der Waals surface area (Å²) in [5.41, 5.74) is 5.80. The number of carboxylic acid groups (broad SMARTS) is 1. The summed E-state index contributed by atoms with van der Waals surface area (Å²) in [5.74, 6) is -1.43. The number of nitrogens with zero attached hydrogens (tertiary/aromatic N) is 1. The molecule has 0 aromatic heterocycles. The highest BCUT2D eigenvalue weighted by Crippen LogP contribution is 2.11. The molecule has 1 fully saturated rings. The molecule has 0 saturated carbocycles. The highest BCUT2D eigenvalue weighted by Gasteiger charge is 2.25. The lowest BCUT2D eigenvalue weighted by Gasteiger charge is -2.31. The molecule has 18 heavy (non-hydrogen) atoms. The Morgan fingerprint density at radius 3 is 2.67 bits per heavy atom. The Labute approximate surface area is 108 Å². The van der Waals surface area contributed by atoms with Gasteiger partial charge in [-0.25, -0.2) is 4.79 Å². The minimum atomic E-state index is -0.874. The minimum absolute atomic E-state index is 0.00795. The maximum atomic E-state index is 11.9. The molecule has 6 heteroatoms. The molecule has 1 saturated heterocycles. The molecule has 2 amide bonds. The zero-order chi connectivity index (χ0) is 13.7. The summed E-state index contributed by atoms with van der Waals surface area (Å²) in [7, 11) is 0. The largest absolute Gasteiger partial charge is 0.481 e.